The van der Waals surface area contributed by atoms with Crippen LogP contribution in [0.3, 0.4) is 0 Å². The fraction of sp³-hybridized carbons (Fsp3) is 0.300. The van der Waals surface area contributed by atoms with Crippen LogP contribution < -0.4 is 10.5 Å². The molecule has 1 rings (SSSR count). The van der Waals surface area contributed by atoms with Gasteiger partial charge in [0, 0.05) is 12.1 Å². The van der Waals surface area contributed by atoms with Crippen LogP contribution in [0.2, 0.25) is 0 Å². The smallest absolute Gasteiger partial charge is 0.335 e. The van der Waals surface area contributed by atoms with E-state index in [1.807, 2.05) is 0 Å². The summed E-state index contributed by atoms with van der Waals surface area (Å²) in [7, 11) is 0. The van der Waals surface area contributed by atoms with Crippen LogP contribution >= 0.6 is 0 Å². The van der Waals surface area contributed by atoms with Gasteiger partial charge in [-0.15, -0.1) is 0 Å². The molecule has 1 aromatic carbocycles. The molecule has 1 unspecified atom stereocenters. The van der Waals surface area contributed by atoms with Gasteiger partial charge < -0.3 is 15.6 Å². The SMILES string of the molecule is CC(N)COc1ccc(C(=O)O)cc1[N+](=O)[O-]. The molecule has 7 nitrogen and oxygen atoms in total. The van der Waals surface area contributed by atoms with Crippen molar-refractivity contribution in [3.8, 4) is 5.75 Å². The molecule has 92 valence electrons. The first-order valence-electron chi connectivity index (χ1n) is 4.82. The lowest BCUT2D eigenvalue weighted by atomic mass is 10.2. The fourth-order valence-corrected chi connectivity index (χ4v) is 1.14. The third kappa shape index (κ3) is 3.42. The number of nitrogens with zero attached hydrogens (tertiary/aromatic N) is 1. The van der Waals surface area contributed by atoms with Gasteiger partial charge in [-0.25, -0.2) is 4.79 Å². The van der Waals surface area contributed by atoms with E-state index in [-0.39, 0.29) is 29.6 Å². The topological polar surface area (TPSA) is 116 Å². The summed E-state index contributed by atoms with van der Waals surface area (Å²) >= 11 is 0. The van der Waals surface area contributed by atoms with E-state index in [0.29, 0.717) is 0 Å². The molecule has 0 fully saturated rings. The summed E-state index contributed by atoms with van der Waals surface area (Å²) in [5, 5.41) is 19.5. The van der Waals surface area contributed by atoms with Gasteiger partial charge in [0.15, 0.2) is 5.75 Å². The second-order valence-electron chi connectivity index (χ2n) is 3.53. The molecule has 0 aliphatic carbocycles. The molecule has 0 spiro atoms. The minimum absolute atomic E-state index is 0.0114. The van der Waals surface area contributed by atoms with Gasteiger partial charge in [-0.2, -0.15) is 0 Å². The van der Waals surface area contributed by atoms with Gasteiger partial charge in [-0.1, -0.05) is 0 Å². The summed E-state index contributed by atoms with van der Waals surface area (Å²) in [5.41, 5.74) is 4.91. The molecule has 0 saturated carbocycles. The number of benzene rings is 1. The summed E-state index contributed by atoms with van der Waals surface area (Å²) in [4.78, 5) is 20.7. The molecule has 0 bridgehead atoms. The molecule has 1 atom stereocenters. The molecule has 0 saturated heterocycles. The quantitative estimate of drug-likeness (QED) is 0.586. The Labute approximate surface area is 97.0 Å². The fourth-order valence-electron chi connectivity index (χ4n) is 1.14. The largest absolute Gasteiger partial charge is 0.485 e. The highest BCUT2D eigenvalue weighted by atomic mass is 16.6. The van der Waals surface area contributed by atoms with Crippen molar-refractivity contribution in [3.05, 3.63) is 33.9 Å². The molecule has 0 aliphatic heterocycles. The number of hydrogen-bond acceptors (Lipinski definition) is 5. The molecular weight excluding hydrogens is 228 g/mol. The van der Waals surface area contributed by atoms with E-state index >= 15 is 0 Å². The summed E-state index contributed by atoms with van der Waals surface area (Å²) < 4.78 is 5.14. The van der Waals surface area contributed by atoms with Crippen molar-refractivity contribution in [2.24, 2.45) is 5.73 Å². The zero-order valence-corrected chi connectivity index (χ0v) is 9.12. The maximum atomic E-state index is 10.7. The Bertz CT molecular complexity index is 444. The van der Waals surface area contributed by atoms with E-state index in [1.54, 1.807) is 6.92 Å². The molecule has 0 radical (unpaired) electrons. The van der Waals surface area contributed by atoms with E-state index < -0.39 is 10.9 Å². The van der Waals surface area contributed by atoms with Gasteiger partial charge in [0.1, 0.15) is 6.61 Å². The number of nitrogens with two attached hydrogens (primary N) is 1. The van der Waals surface area contributed by atoms with Crippen molar-refractivity contribution < 1.29 is 19.6 Å². The number of carboxylic acid groups (broad SMARTS) is 1. The molecule has 3 N–H and O–H groups in total. The molecule has 0 aromatic heterocycles. The first-order chi connectivity index (χ1) is 7.91. The minimum atomic E-state index is -1.23. The number of carboxylic acids is 1. The van der Waals surface area contributed by atoms with Crippen molar-refractivity contribution in [3.63, 3.8) is 0 Å². The Morgan fingerprint density at radius 3 is 2.76 bits per heavy atom. The number of nitro groups is 1. The van der Waals surface area contributed by atoms with Gasteiger partial charge in [0.05, 0.1) is 10.5 Å². The van der Waals surface area contributed by atoms with Crippen LogP contribution in [0.1, 0.15) is 17.3 Å². The Hall–Kier alpha value is -2.15. The zero-order chi connectivity index (χ0) is 13.0. The van der Waals surface area contributed by atoms with Gasteiger partial charge >= 0.3 is 11.7 Å². The highest BCUT2D eigenvalue weighted by Gasteiger charge is 2.18. The highest BCUT2D eigenvalue weighted by Crippen LogP contribution is 2.28. The third-order valence-electron chi connectivity index (χ3n) is 1.90. The highest BCUT2D eigenvalue weighted by molar-refractivity contribution is 5.88. The van der Waals surface area contributed by atoms with E-state index in [0.717, 1.165) is 6.07 Å². The number of rotatable bonds is 5. The number of nitro benzene ring substituents is 1. The lowest BCUT2D eigenvalue weighted by Gasteiger charge is -2.09. The monoisotopic (exact) mass is 240 g/mol. The Kier molecular flexibility index (Phi) is 4.00. The second kappa shape index (κ2) is 5.26. The molecular formula is C10H12N2O5. The Morgan fingerprint density at radius 1 is 1.65 bits per heavy atom. The average molecular weight is 240 g/mol. The first kappa shape index (κ1) is 12.9. The van der Waals surface area contributed by atoms with Crippen molar-refractivity contribution in [1.82, 2.24) is 0 Å². The van der Waals surface area contributed by atoms with E-state index in [4.69, 9.17) is 15.6 Å². The predicted octanol–water partition coefficient (Wildman–Crippen LogP) is 1.02. The molecule has 0 heterocycles. The van der Waals surface area contributed by atoms with Crippen LogP contribution in [0.25, 0.3) is 0 Å². The number of carbonyl (C=O) groups is 1. The van der Waals surface area contributed by atoms with Gasteiger partial charge in [0.25, 0.3) is 0 Å². The molecule has 17 heavy (non-hydrogen) atoms. The lowest BCUT2D eigenvalue weighted by molar-refractivity contribution is -0.385. The second-order valence-corrected chi connectivity index (χ2v) is 3.53. The third-order valence-corrected chi connectivity index (χ3v) is 1.90. The summed E-state index contributed by atoms with van der Waals surface area (Å²) in [6, 6.07) is 3.18. The number of hydrogen-bond donors (Lipinski definition) is 2. The average Bonchev–Trinajstić information content (AvgIpc) is 2.25. The van der Waals surface area contributed by atoms with Crippen molar-refractivity contribution in [2.45, 2.75) is 13.0 Å². The standard InChI is InChI=1S/C10H12N2O5/c1-6(11)5-17-9-3-2-7(10(13)14)4-8(9)12(15)16/h2-4,6H,5,11H2,1H3,(H,13,14). The summed E-state index contributed by atoms with van der Waals surface area (Å²) in [5.74, 6) is -1.22. The lowest BCUT2D eigenvalue weighted by Crippen LogP contribution is -2.23. The maximum absolute atomic E-state index is 10.7. The zero-order valence-electron chi connectivity index (χ0n) is 9.12. The van der Waals surface area contributed by atoms with E-state index in [9.17, 15) is 14.9 Å². The van der Waals surface area contributed by atoms with Crippen LogP contribution in [0.15, 0.2) is 18.2 Å². The number of ether oxygens (including phenoxy) is 1. The molecule has 0 aliphatic rings. The molecule has 0 amide bonds. The Morgan fingerprint density at radius 2 is 2.29 bits per heavy atom. The van der Waals surface area contributed by atoms with Crippen LogP contribution in [0.4, 0.5) is 5.69 Å². The normalized spacial score (nSPS) is 11.9. The minimum Gasteiger partial charge on any atom is -0.485 e. The van der Waals surface area contributed by atoms with Crippen molar-refractivity contribution in [2.75, 3.05) is 6.61 Å². The maximum Gasteiger partial charge on any atom is 0.335 e. The van der Waals surface area contributed by atoms with E-state index in [2.05, 4.69) is 0 Å². The van der Waals surface area contributed by atoms with Gasteiger partial charge in [0.2, 0.25) is 0 Å². The van der Waals surface area contributed by atoms with Crippen molar-refractivity contribution >= 4 is 11.7 Å². The number of aromatic carboxylic acids is 1. The van der Waals surface area contributed by atoms with Crippen LogP contribution in [0, 0.1) is 10.1 Å². The summed E-state index contributed by atoms with van der Waals surface area (Å²) in [6.07, 6.45) is 0. The van der Waals surface area contributed by atoms with Gasteiger partial charge in [-0.05, 0) is 19.1 Å². The first-order valence-corrected chi connectivity index (χ1v) is 4.82. The van der Waals surface area contributed by atoms with Crippen molar-refractivity contribution in [1.29, 1.82) is 0 Å². The predicted molar refractivity (Wildman–Crippen MR) is 59.2 cm³/mol. The van der Waals surface area contributed by atoms with E-state index in [1.165, 1.54) is 12.1 Å². The summed E-state index contributed by atoms with van der Waals surface area (Å²) in [6.45, 7) is 1.81. The molecule has 1 aromatic rings. The van der Waals surface area contributed by atoms with Gasteiger partial charge in [-0.3, -0.25) is 10.1 Å². The Balaban J connectivity index is 3.04. The van der Waals surface area contributed by atoms with Crippen LogP contribution in [0.5, 0.6) is 5.75 Å². The molecule has 7 heteroatoms. The van der Waals surface area contributed by atoms with Crippen LogP contribution in [-0.4, -0.2) is 28.6 Å². The van der Waals surface area contributed by atoms with Crippen LogP contribution in [-0.2, 0) is 0 Å².